The number of benzene rings is 2. The lowest BCUT2D eigenvalue weighted by atomic mass is 10.1. The molecule has 0 atom stereocenters. The quantitative estimate of drug-likeness (QED) is 0.752. The van der Waals surface area contributed by atoms with Crippen LogP contribution in [0.15, 0.2) is 47.4 Å². The number of carbonyl (C=O) groups is 2. The van der Waals surface area contributed by atoms with Crippen molar-refractivity contribution in [1.82, 2.24) is 4.90 Å². The minimum absolute atomic E-state index is 0.0627. The minimum atomic E-state index is -0.416. The zero-order valence-electron chi connectivity index (χ0n) is 13.9. The van der Waals surface area contributed by atoms with E-state index in [1.807, 2.05) is 6.92 Å². The summed E-state index contributed by atoms with van der Waals surface area (Å²) >= 11 is 6.95. The zero-order chi connectivity index (χ0) is 18.7. The molecule has 26 heavy (non-hydrogen) atoms. The van der Waals surface area contributed by atoms with Crippen LogP contribution in [0.25, 0.3) is 6.08 Å². The summed E-state index contributed by atoms with van der Waals surface area (Å²) in [6.07, 6.45) is 1.50. The Kier molecular flexibility index (Phi) is 5.54. The van der Waals surface area contributed by atoms with Crippen LogP contribution in [-0.2, 0) is 11.3 Å². The SMILES string of the molecule is CCOc1cccc(/C=C2\SC(=O)N(Cc3ccccc3Cl)C2=O)c1O. The Morgan fingerprint density at radius 1 is 1.19 bits per heavy atom. The Labute approximate surface area is 160 Å². The molecule has 1 aliphatic rings. The maximum Gasteiger partial charge on any atom is 0.293 e. The van der Waals surface area contributed by atoms with Crippen LogP contribution in [-0.4, -0.2) is 27.8 Å². The minimum Gasteiger partial charge on any atom is -0.504 e. The van der Waals surface area contributed by atoms with E-state index >= 15 is 0 Å². The maximum absolute atomic E-state index is 12.6. The Morgan fingerprint density at radius 3 is 2.69 bits per heavy atom. The van der Waals surface area contributed by atoms with E-state index in [1.54, 1.807) is 42.5 Å². The van der Waals surface area contributed by atoms with E-state index in [2.05, 4.69) is 0 Å². The number of ether oxygens (including phenoxy) is 1. The summed E-state index contributed by atoms with van der Waals surface area (Å²) in [6, 6.07) is 12.1. The number of amides is 2. The van der Waals surface area contributed by atoms with Crippen molar-refractivity contribution in [3.8, 4) is 11.5 Å². The number of nitrogens with zero attached hydrogens (tertiary/aromatic N) is 1. The van der Waals surface area contributed by atoms with Crippen LogP contribution in [0.1, 0.15) is 18.1 Å². The summed E-state index contributed by atoms with van der Waals surface area (Å²) in [6.45, 7) is 2.32. The first-order valence-electron chi connectivity index (χ1n) is 7.94. The molecule has 134 valence electrons. The van der Waals surface area contributed by atoms with Gasteiger partial charge in [-0.25, -0.2) is 0 Å². The van der Waals surface area contributed by atoms with E-state index in [-0.39, 0.29) is 22.4 Å². The Balaban J connectivity index is 1.86. The van der Waals surface area contributed by atoms with Gasteiger partial charge in [-0.2, -0.15) is 0 Å². The second-order valence-corrected chi connectivity index (χ2v) is 6.89. The van der Waals surface area contributed by atoms with Crippen molar-refractivity contribution < 1.29 is 19.4 Å². The molecule has 2 amide bonds. The predicted molar refractivity (Wildman–Crippen MR) is 102 cm³/mol. The Bertz CT molecular complexity index is 897. The molecule has 1 heterocycles. The van der Waals surface area contributed by atoms with Crippen LogP contribution < -0.4 is 4.74 Å². The van der Waals surface area contributed by atoms with Gasteiger partial charge in [0.1, 0.15) is 0 Å². The van der Waals surface area contributed by atoms with Gasteiger partial charge in [0.2, 0.25) is 0 Å². The molecule has 0 aliphatic carbocycles. The third-order valence-corrected chi connectivity index (χ3v) is 5.05. The van der Waals surface area contributed by atoms with Gasteiger partial charge in [-0.15, -0.1) is 0 Å². The molecule has 0 radical (unpaired) electrons. The first-order valence-corrected chi connectivity index (χ1v) is 9.14. The van der Waals surface area contributed by atoms with Gasteiger partial charge < -0.3 is 9.84 Å². The first kappa shape index (κ1) is 18.4. The van der Waals surface area contributed by atoms with Crippen molar-refractivity contribution in [2.75, 3.05) is 6.61 Å². The highest BCUT2D eigenvalue weighted by Crippen LogP contribution is 2.37. The lowest BCUT2D eigenvalue weighted by molar-refractivity contribution is -0.123. The average molecular weight is 390 g/mol. The zero-order valence-corrected chi connectivity index (χ0v) is 15.5. The van der Waals surface area contributed by atoms with Crippen LogP contribution in [0.5, 0.6) is 11.5 Å². The van der Waals surface area contributed by atoms with Gasteiger partial charge >= 0.3 is 0 Å². The summed E-state index contributed by atoms with van der Waals surface area (Å²) in [5.41, 5.74) is 1.11. The fourth-order valence-corrected chi connectivity index (χ4v) is 3.53. The molecule has 0 spiro atoms. The number of phenolic OH excluding ortho intramolecular Hbond substituents is 1. The topological polar surface area (TPSA) is 66.8 Å². The lowest BCUT2D eigenvalue weighted by Gasteiger charge is -2.13. The molecule has 2 aromatic carbocycles. The molecule has 0 bridgehead atoms. The van der Waals surface area contributed by atoms with Crippen LogP contribution in [0, 0.1) is 0 Å². The number of aromatic hydroxyl groups is 1. The van der Waals surface area contributed by atoms with Crippen LogP contribution >= 0.6 is 23.4 Å². The van der Waals surface area contributed by atoms with Crippen molar-refractivity contribution in [2.24, 2.45) is 0 Å². The van der Waals surface area contributed by atoms with Crippen LogP contribution in [0.4, 0.5) is 4.79 Å². The summed E-state index contributed by atoms with van der Waals surface area (Å²) in [5.74, 6) is -0.148. The van der Waals surface area contributed by atoms with Gasteiger partial charge in [0.25, 0.3) is 11.1 Å². The first-order chi connectivity index (χ1) is 12.5. The second-order valence-electron chi connectivity index (χ2n) is 5.49. The van der Waals surface area contributed by atoms with Crippen molar-refractivity contribution >= 4 is 40.6 Å². The van der Waals surface area contributed by atoms with Gasteiger partial charge in [0.05, 0.1) is 18.1 Å². The highest BCUT2D eigenvalue weighted by atomic mass is 35.5. The van der Waals surface area contributed by atoms with Gasteiger partial charge in [0.15, 0.2) is 11.5 Å². The molecule has 1 fully saturated rings. The van der Waals surface area contributed by atoms with Gasteiger partial charge in [-0.1, -0.05) is 41.9 Å². The Morgan fingerprint density at radius 2 is 1.96 bits per heavy atom. The van der Waals surface area contributed by atoms with E-state index in [0.717, 1.165) is 16.7 Å². The molecular weight excluding hydrogens is 374 g/mol. The van der Waals surface area contributed by atoms with Crippen molar-refractivity contribution in [3.05, 3.63) is 63.5 Å². The van der Waals surface area contributed by atoms with E-state index < -0.39 is 5.91 Å². The lowest BCUT2D eigenvalue weighted by Crippen LogP contribution is -2.27. The number of hydrogen-bond acceptors (Lipinski definition) is 5. The summed E-state index contributed by atoms with van der Waals surface area (Å²) < 4.78 is 5.34. The van der Waals surface area contributed by atoms with Crippen molar-refractivity contribution in [2.45, 2.75) is 13.5 Å². The molecule has 0 saturated carbocycles. The molecule has 5 nitrogen and oxygen atoms in total. The molecule has 0 unspecified atom stereocenters. The Hall–Kier alpha value is -2.44. The number of rotatable bonds is 5. The summed E-state index contributed by atoms with van der Waals surface area (Å²) in [7, 11) is 0. The predicted octanol–water partition coefficient (Wildman–Crippen LogP) is 4.68. The third kappa shape index (κ3) is 3.71. The number of imide groups is 1. The van der Waals surface area contributed by atoms with Crippen molar-refractivity contribution in [1.29, 1.82) is 0 Å². The second kappa shape index (κ2) is 7.85. The smallest absolute Gasteiger partial charge is 0.293 e. The normalized spacial score (nSPS) is 15.8. The average Bonchev–Trinajstić information content (AvgIpc) is 2.88. The van der Waals surface area contributed by atoms with Crippen LogP contribution in [0.2, 0.25) is 5.02 Å². The fourth-order valence-electron chi connectivity index (χ4n) is 2.50. The molecular formula is C19H16ClNO4S. The number of hydrogen-bond donors (Lipinski definition) is 1. The molecule has 2 aromatic rings. The molecule has 0 aromatic heterocycles. The maximum atomic E-state index is 12.6. The van der Waals surface area contributed by atoms with Gasteiger partial charge in [-0.3, -0.25) is 14.5 Å². The van der Waals surface area contributed by atoms with Crippen molar-refractivity contribution in [3.63, 3.8) is 0 Å². The molecule has 1 aliphatic heterocycles. The van der Waals surface area contributed by atoms with E-state index in [0.29, 0.717) is 28.5 Å². The highest BCUT2D eigenvalue weighted by molar-refractivity contribution is 8.18. The van der Waals surface area contributed by atoms with E-state index in [9.17, 15) is 14.7 Å². The number of thioether (sulfide) groups is 1. The van der Waals surface area contributed by atoms with Gasteiger partial charge in [0, 0.05) is 10.6 Å². The highest BCUT2D eigenvalue weighted by Gasteiger charge is 2.35. The van der Waals surface area contributed by atoms with E-state index in [1.165, 1.54) is 6.08 Å². The fraction of sp³-hybridized carbons (Fsp3) is 0.158. The number of halogens is 1. The summed E-state index contributed by atoms with van der Waals surface area (Å²) in [4.78, 5) is 26.3. The number of phenols is 1. The van der Waals surface area contributed by atoms with Gasteiger partial charge in [-0.05, 0) is 42.5 Å². The number of para-hydroxylation sites is 1. The molecule has 1 saturated heterocycles. The molecule has 1 N–H and O–H groups in total. The molecule has 3 rings (SSSR count). The number of carbonyl (C=O) groups excluding carboxylic acids is 2. The monoisotopic (exact) mass is 389 g/mol. The standard InChI is InChI=1S/C19H16ClNO4S/c1-2-25-15-9-5-7-12(17(15)22)10-16-18(23)21(19(24)26-16)11-13-6-3-4-8-14(13)20/h3-10,22H,2,11H2,1H3/b16-10-. The van der Waals surface area contributed by atoms with E-state index in [4.69, 9.17) is 16.3 Å². The molecule has 7 heteroatoms. The largest absolute Gasteiger partial charge is 0.504 e. The third-order valence-electron chi connectivity index (χ3n) is 3.78. The summed E-state index contributed by atoms with van der Waals surface area (Å²) in [5, 5.41) is 10.4. The van der Waals surface area contributed by atoms with Crippen LogP contribution in [0.3, 0.4) is 0 Å².